The third-order valence-corrected chi connectivity index (χ3v) is 4.10. The smallest absolute Gasteiger partial charge is 0.255 e. The number of amides is 2. The fraction of sp³-hybridized carbons (Fsp3) is 0.429. The molecule has 1 aliphatic heterocycles. The van der Waals surface area contributed by atoms with E-state index in [2.05, 4.69) is 0 Å². The standard InChI is InChI=1S/C14H18ClN3O2/c1-8-2-3-9(13(17)19)7-18(8)14(20)11-6-10(16)4-5-12(11)15/h4-6,8-9H,2-3,7,16H2,1H3,(H2,17,19). The van der Waals surface area contributed by atoms with Crippen molar-refractivity contribution in [1.82, 2.24) is 4.90 Å². The number of hydrogen-bond acceptors (Lipinski definition) is 3. The molecule has 0 bridgehead atoms. The highest BCUT2D eigenvalue weighted by molar-refractivity contribution is 6.34. The summed E-state index contributed by atoms with van der Waals surface area (Å²) in [5, 5.41) is 0.359. The van der Waals surface area contributed by atoms with Crippen LogP contribution in [0.1, 0.15) is 30.1 Å². The SMILES string of the molecule is CC1CCC(C(N)=O)CN1C(=O)c1cc(N)ccc1Cl. The van der Waals surface area contributed by atoms with E-state index in [1.54, 1.807) is 23.1 Å². The number of piperidine rings is 1. The molecule has 20 heavy (non-hydrogen) atoms. The molecule has 4 N–H and O–H groups in total. The van der Waals surface area contributed by atoms with Crippen molar-refractivity contribution in [3.8, 4) is 0 Å². The van der Waals surface area contributed by atoms with Crippen LogP contribution in [0.5, 0.6) is 0 Å². The van der Waals surface area contributed by atoms with Gasteiger partial charge in [-0.3, -0.25) is 9.59 Å². The van der Waals surface area contributed by atoms with Crippen LogP contribution in [0.25, 0.3) is 0 Å². The summed E-state index contributed by atoms with van der Waals surface area (Å²) in [6.45, 7) is 2.29. The number of nitrogens with zero attached hydrogens (tertiary/aromatic N) is 1. The maximum Gasteiger partial charge on any atom is 0.255 e. The number of anilines is 1. The molecule has 108 valence electrons. The van der Waals surface area contributed by atoms with Gasteiger partial charge in [0.25, 0.3) is 5.91 Å². The highest BCUT2D eigenvalue weighted by atomic mass is 35.5. The number of nitrogens with two attached hydrogens (primary N) is 2. The molecule has 2 rings (SSSR count). The van der Waals surface area contributed by atoms with Crippen LogP contribution in [0.15, 0.2) is 18.2 Å². The van der Waals surface area contributed by atoms with E-state index < -0.39 is 0 Å². The predicted molar refractivity (Wildman–Crippen MR) is 78.3 cm³/mol. The molecule has 1 aromatic rings. The summed E-state index contributed by atoms with van der Waals surface area (Å²) >= 11 is 6.06. The van der Waals surface area contributed by atoms with Gasteiger partial charge in [-0.1, -0.05) is 11.6 Å². The van der Waals surface area contributed by atoms with Gasteiger partial charge in [0.05, 0.1) is 16.5 Å². The first-order valence-electron chi connectivity index (χ1n) is 6.55. The zero-order chi connectivity index (χ0) is 14.9. The molecular weight excluding hydrogens is 278 g/mol. The maximum absolute atomic E-state index is 12.6. The molecule has 0 radical (unpaired) electrons. The quantitative estimate of drug-likeness (QED) is 0.813. The second-order valence-corrected chi connectivity index (χ2v) is 5.63. The van der Waals surface area contributed by atoms with E-state index in [0.29, 0.717) is 29.2 Å². The highest BCUT2D eigenvalue weighted by Crippen LogP contribution is 2.27. The molecule has 5 nitrogen and oxygen atoms in total. The van der Waals surface area contributed by atoms with Crippen molar-refractivity contribution in [1.29, 1.82) is 0 Å². The Kier molecular flexibility index (Phi) is 4.18. The van der Waals surface area contributed by atoms with Crippen molar-refractivity contribution >= 4 is 29.1 Å². The Bertz CT molecular complexity index is 547. The predicted octanol–water partition coefficient (Wildman–Crippen LogP) is 1.65. The molecule has 1 heterocycles. The largest absolute Gasteiger partial charge is 0.399 e. The molecule has 1 fully saturated rings. The van der Waals surface area contributed by atoms with Crippen LogP contribution in [0.3, 0.4) is 0 Å². The first-order chi connectivity index (χ1) is 9.40. The molecule has 1 aromatic carbocycles. The number of hydrogen-bond donors (Lipinski definition) is 2. The van der Waals surface area contributed by atoms with Gasteiger partial charge in [0, 0.05) is 18.3 Å². The molecule has 0 aliphatic carbocycles. The van der Waals surface area contributed by atoms with E-state index in [4.69, 9.17) is 23.1 Å². The van der Waals surface area contributed by atoms with Crippen LogP contribution in [0, 0.1) is 5.92 Å². The molecule has 2 atom stereocenters. The second kappa shape index (κ2) is 5.71. The molecule has 2 amide bonds. The Morgan fingerprint density at radius 2 is 2.05 bits per heavy atom. The molecule has 2 unspecified atom stereocenters. The summed E-state index contributed by atoms with van der Waals surface area (Å²) in [4.78, 5) is 25.6. The summed E-state index contributed by atoms with van der Waals surface area (Å²) in [6.07, 6.45) is 1.46. The average Bonchev–Trinajstić information content (AvgIpc) is 2.41. The number of carbonyl (C=O) groups is 2. The number of halogens is 1. The Balaban J connectivity index is 2.26. The van der Waals surface area contributed by atoms with Gasteiger partial charge in [0.15, 0.2) is 0 Å². The average molecular weight is 296 g/mol. The second-order valence-electron chi connectivity index (χ2n) is 5.22. The third kappa shape index (κ3) is 2.88. The van der Waals surface area contributed by atoms with Crippen LogP contribution in [-0.4, -0.2) is 29.3 Å². The number of nitrogen functional groups attached to an aromatic ring is 1. The van der Waals surface area contributed by atoms with E-state index in [1.165, 1.54) is 0 Å². The Labute approximate surface area is 122 Å². The fourth-order valence-electron chi connectivity index (χ4n) is 2.48. The number of rotatable bonds is 2. The van der Waals surface area contributed by atoms with Gasteiger partial charge in [-0.05, 0) is 38.0 Å². The van der Waals surface area contributed by atoms with Crippen LogP contribution in [0.2, 0.25) is 5.02 Å². The molecule has 0 aromatic heterocycles. The molecule has 6 heteroatoms. The van der Waals surface area contributed by atoms with Gasteiger partial charge < -0.3 is 16.4 Å². The first-order valence-corrected chi connectivity index (χ1v) is 6.93. The van der Waals surface area contributed by atoms with Crippen molar-refractivity contribution in [2.75, 3.05) is 12.3 Å². The van der Waals surface area contributed by atoms with Crippen molar-refractivity contribution in [2.45, 2.75) is 25.8 Å². The Morgan fingerprint density at radius 1 is 1.35 bits per heavy atom. The van der Waals surface area contributed by atoms with Crippen molar-refractivity contribution < 1.29 is 9.59 Å². The number of primary amides is 1. The van der Waals surface area contributed by atoms with E-state index >= 15 is 0 Å². The summed E-state index contributed by atoms with van der Waals surface area (Å²) in [7, 11) is 0. The van der Waals surface area contributed by atoms with Gasteiger partial charge in [0.1, 0.15) is 0 Å². The minimum absolute atomic E-state index is 0.0515. The third-order valence-electron chi connectivity index (χ3n) is 3.77. The number of carbonyl (C=O) groups excluding carboxylic acids is 2. The zero-order valence-electron chi connectivity index (χ0n) is 11.3. The molecule has 0 saturated carbocycles. The van der Waals surface area contributed by atoms with E-state index in [-0.39, 0.29) is 23.8 Å². The van der Waals surface area contributed by atoms with Gasteiger partial charge in [-0.15, -0.1) is 0 Å². The summed E-state index contributed by atoms with van der Waals surface area (Å²) in [6, 6.07) is 4.86. The number of benzene rings is 1. The maximum atomic E-state index is 12.6. The molecule has 0 spiro atoms. The van der Waals surface area contributed by atoms with Crippen LogP contribution >= 0.6 is 11.6 Å². The van der Waals surface area contributed by atoms with Crippen molar-refractivity contribution in [2.24, 2.45) is 11.7 Å². The zero-order valence-corrected chi connectivity index (χ0v) is 12.1. The van der Waals surface area contributed by atoms with Crippen molar-refractivity contribution in [3.05, 3.63) is 28.8 Å². The van der Waals surface area contributed by atoms with Crippen molar-refractivity contribution in [3.63, 3.8) is 0 Å². The molecular formula is C14H18ClN3O2. The van der Waals surface area contributed by atoms with Crippen LogP contribution in [-0.2, 0) is 4.79 Å². The lowest BCUT2D eigenvalue weighted by molar-refractivity contribution is -0.123. The van der Waals surface area contributed by atoms with E-state index in [9.17, 15) is 9.59 Å². The summed E-state index contributed by atoms with van der Waals surface area (Å²) in [5.74, 6) is -0.871. The summed E-state index contributed by atoms with van der Waals surface area (Å²) in [5.41, 5.74) is 11.9. The topological polar surface area (TPSA) is 89.4 Å². The Morgan fingerprint density at radius 3 is 2.70 bits per heavy atom. The van der Waals surface area contributed by atoms with E-state index in [1.807, 2.05) is 6.92 Å². The first kappa shape index (κ1) is 14.7. The minimum atomic E-state index is -0.367. The highest BCUT2D eigenvalue weighted by Gasteiger charge is 2.32. The van der Waals surface area contributed by atoms with Gasteiger partial charge in [-0.2, -0.15) is 0 Å². The lowest BCUT2D eigenvalue weighted by atomic mass is 9.92. The van der Waals surface area contributed by atoms with Crippen LogP contribution < -0.4 is 11.5 Å². The lowest BCUT2D eigenvalue weighted by Gasteiger charge is -2.37. The fourth-order valence-corrected chi connectivity index (χ4v) is 2.68. The normalized spacial score (nSPS) is 22.6. The van der Waals surface area contributed by atoms with Gasteiger partial charge >= 0.3 is 0 Å². The lowest BCUT2D eigenvalue weighted by Crippen LogP contribution is -2.48. The minimum Gasteiger partial charge on any atom is -0.399 e. The Hall–Kier alpha value is -1.75. The van der Waals surface area contributed by atoms with Crippen LogP contribution in [0.4, 0.5) is 5.69 Å². The van der Waals surface area contributed by atoms with Gasteiger partial charge in [-0.25, -0.2) is 0 Å². The molecule has 1 aliphatic rings. The van der Waals surface area contributed by atoms with Gasteiger partial charge in [0.2, 0.25) is 5.91 Å². The molecule has 1 saturated heterocycles. The number of likely N-dealkylation sites (tertiary alicyclic amines) is 1. The van der Waals surface area contributed by atoms with E-state index in [0.717, 1.165) is 6.42 Å². The summed E-state index contributed by atoms with van der Waals surface area (Å²) < 4.78 is 0. The monoisotopic (exact) mass is 295 g/mol.